The summed E-state index contributed by atoms with van der Waals surface area (Å²) in [5.74, 6) is 1.23. The van der Waals surface area contributed by atoms with Crippen molar-refractivity contribution in [2.75, 3.05) is 17.2 Å². The zero-order chi connectivity index (χ0) is 22.3. The SMILES string of the molecule is CC1(C)CNc2cc(NC(=O)c3cccc4cc(OC5=CNC(=O)CC5)ccc34)ccc21. The van der Waals surface area contributed by atoms with E-state index in [0.717, 1.165) is 28.7 Å². The lowest BCUT2D eigenvalue weighted by Crippen LogP contribution is -2.23. The highest BCUT2D eigenvalue weighted by molar-refractivity contribution is 6.13. The summed E-state index contributed by atoms with van der Waals surface area (Å²) in [5.41, 5.74) is 3.79. The van der Waals surface area contributed by atoms with E-state index in [9.17, 15) is 9.59 Å². The molecule has 2 heterocycles. The average molecular weight is 428 g/mol. The molecule has 6 heteroatoms. The van der Waals surface area contributed by atoms with Gasteiger partial charge in [0.1, 0.15) is 11.5 Å². The molecular weight excluding hydrogens is 402 g/mol. The minimum atomic E-state index is -0.154. The molecule has 0 spiro atoms. The molecule has 0 saturated heterocycles. The minimum absolute atomic E-state index is 0.00520. The third-order valence-corrected chi connectivity index (χ3v) is 6.07. The molecule has 3 aromatic rings. The normalized spacial score (nSPS) is 16.6. The summed E-state index contributed by atoms with van der Waals surface area (Å²) in [6.07, 6.45) is 2.59. The highest BCUT2D eigenvalue weighted by atomic mass is 16.5. The number of ether oxygens (including phenoxy) is 1. The molecule has 0 saturated carbocycles. The third kappa shape index (κ3) is 3.80. The van der Waals surface area contributed by atoms with Gasteiger partial charge in [-0.2, -0.15) is 0 Å². The first-order valence-electron chi connectivity index (χ1n) is 10.8. The summed E-state index contributed by atoms with van der Waals surface area (Å²) >= 11 is 0. The van der Waals surface area contributed by atoms with Crippen molar-refractivity contribution in [3.05, 3.63) is 77.7 Å². The summed E-state index contributed by atoms with van der Waals surface area (Å²) in [7, 11) is 0. The second-order valence-corrected chi connectivity index (χ2v) is 8.92. The number of hydrogen-bond donors (Lipinski definition) is 3. The number of hydrogen-bond acceptors (Lipinski definition) is 4. The largest absolute Gasteiger partial charge is 0.460 e. The number of carbonyl (C=O) groups excluding carboxylic acids is 2. The topological polar surface area (TPSA) is 79.5 Å². The van der Waals surface area contributed by atoms with Gasteiger partial charge >= 0.3 is 0 Å². The van der Waals surface area contributed by atoms with Crippen LogP contribution < -0.4 is 20.7 Å². The standard InChI is InChI=1S/C26H25N3O3/c1-26(2)15-28-23-13-17(6-10-22(23)26)29-25(31)21-5-3-4-16-12-18(7-9-20(16)21)32-19-8-11-24(30)27-14-19/h3-7,9-10,12-14,28H,8,11,15H2,1-2H3,(H,27,30)(H,29,31). The van der Waals surface area contributed by atoms with Crippen molar-refractivity contribution < 1.29 is 14.3 Å². The van der Waals surface area contributed by atoms with Crippen molar-refractivity contribution in [3.8, 4) is 5.75 Å². The second-order valence-electron chi connectivity index (χ2n) is 8.92. The number of fused-ring (bicyclic) bond motifs is 2. The van der Waals surface area contributed by atoms with Crippen LogP contribution in [0.2, 0.25) is 0 Å². The molecule has 5 rings (SSSR count). The fourth-order valence-corrected chi connectivity index (χ4v) is 4.27. The van der Waals surface area contributed by atoms with Gasteiger partial charge in [-0.3, -0.25) is 9.59 Å². The van der Waals surface area contributed by atoms with E-state index in [1.807, 2.05) is 48.5 Å². The van der Waals surface area contributed by atoms with Crippen molar-refractivity contribution >= 4 is 34.0 Å². The number of carbonyl (C=O) groups is 2. The molecule has 0 unspecified atom stereocenters. The molecule has 0 aromatic heterocycles. The first-order valence-corrected chi connectivity index (χ1v) is 10.8. The Bertz CT molecular complexity index is 1280. The first kappa shape index (κ1) is 20.1. The van der Waals surface area contributed by atoms with Gasteiger partial charge in [-0.1, -0.05) is 32.0 Å². The van der Waals surface area contributed by atoms with Crippen LogP contribution in [0.1, 0.15) is 42.6 Å². The number of anilines is 2. The van der Waals surface area contributed by atoms with Crippen LogP contribution in [0, 0.1) is 0 Å². The first-order chi connectivity index (χ1) is 15.4. The monoisotopic (exact) mass is 427 g/mol. The maximum absolute atomic E-state index is 13.1. The zero-order valence-electron chi connectivity index (χ0n) is 18.1. The summed E-state index contributed by atoms with van der Waals surface area (Å²) in [6, 6.07) is 17.3. The Morgan fingerprint density at radius 2 is 1.94 bits per heavy atom. The molecule has 3 N–H and O–H groups in total. The van der Waals surface area contributed by atoms with E-state index in [2.05, 4.69) is 35.9 Å². The number of rotatable bonds is 4. The van der Waals surface area contributed by atoms with E-state index >= 15 is 0 Å². The van der Waals surface area contributed by atoms with Crippen molar-refractivity contribution in [2.45, 2.75) is 32.1 Å². The predicted molar refractivity (Wildman–Crippen MR) is 126 cm³/mol. The van der Waals surface area contributed by atoms with Gasteiger partial charge < -0.3 is 20.7 Å². The van der Waals surface area contributed by atoms with Gasteiger partial charge in [0.2, 0.25) is 5.91 Å². The Labute approximate surface area is 186 Å². The van der Waals surface area contributed by atoms with Gasteiger partial charge in [0.25, 0.3) is 5.91 Å². The Hall–Kier alpha value is -3.80. The average Bonchev–Trinajstić information content (AvgIpc) is 3.08. The Balaban J connectivity index is 1.37. The lowest BCUT2D eigenvalue weighted by molar-refractivity contribution is -0.120. The fourth-order valence-electron chi connectivity index (χ4n) is 4.27. The van der Waals surface area contributed by atoms with Gasteiger partial charge in [0.15, 0.2) is 0 Å². The van der Waals surface area contributed by atoms with Crippen LogP contribution in [0.25, 0.3) is 10.8 Å². The van der Waals surface area contributed by atoms with Crippen molar-refractivity contribution in [1.29, 1.82) is 0 Å². The number of benzene rings is 3. The number of amides is 2. The van der Waals surface area contributed by atoms with Crippen LogP contribution in [-0.4, -0.2) is 18.4 Å². The third-order valence-electron chi connectivity index (χ3n) is 6.07. The molecule has 6 nitrogen and oxygen atoms in total. The molecule has 0 aliphatic carbocycles. The highest BCUT2D eigenvalue weighted by Crippen LogP contribution is 2.37. The van der Waals surface area contributed by atoms with E-state index < -0.39 is 0 Å². The van der Waals surface area contributed by atoms with Crippen LogP contribution in [0.4, 0.5) is 11.4 Å². The van der Waals surface area contributed by atoms with Crippen molar-refractivity contribution in [3.63, 3.8) is 0 Å². The lowest BCUT2D eigenvalue weighted by Gasteiger charge is -2.17. The minimum Gasteiger partial charge on any atom is -0.460 e. The van der Waals surface area contributed by atoms with Gasteiger partial charge in [-0.05, 0) is 52.7 Å². The molecule has 0 fully saturated rings. The Kier molecular flexibility index (Phi) is 4.85. The van der Waals surface area contributed by atoms with Crippen LogP contribution in [-0.2, 0) is 10.2 Å². The van der Waals surface area contributed by atoms with Gasteiger partial charge in [0, 0.05) is 47.9 Å². The van der Waals surface area contributed by atoms with E-state index in [4.69, 9.17) is 4.74 Å². The van der Waals surface area contributed by atoms with E-state index in [1.54, 1.807) is 6.20 Å². The molecule has 2 aliphatic heterocycles. The predicted octanol–water partition coefficient (Wildman–Crippen LogP) is 4.93. The maximum Gasteiger partial charge on any atom is 0.256 e. The molecular formula is C26H25N3O3. The van der Waals surface area contributed by atoms with Crippen molar-refractivity contribution in [1.82, 2.24) is 5.32 Å². The summed E-state index contributed by atoms with van der Waals surface area (Å²) < 4.78 is 5.91. The lowest BCUT2D eigenvalue weighted by atomic mass is 9.87. The Morgan fingerprint density at radius 3 is 2.75 bits per heavy atom. The molecule has 2 aliphatic rings. The molecule has 0 radical (unpaired) electrons. The van der Waals surface area contributed by atoms with Crippen molar-refractivity contribution in [2.24, 2.45) is 0 Å². The number of nitrogens with one attached hydrogen (secondary N) is 3. The summed E-state index contributed by atoms with van der Waals surface area (Å²) in [5, 5.41) is 10.9. The smallest absolute Gasteiger partial charge is 0.256 e. The summed E-state index contributed by atoms with van der Waals surface area (Å²) in [4.78, 5) is 24.4. The fraction of sp³-hybridized carbons (Fsp3) is 0.231. The van der Waals surface area contributed by atoms with Gasteiger partial charge in [0.05, 0.1) is 0 Å². The van der Waals surface area contributed by atoms with E-state index in [1.165, 1.54) is 5.56 Å². The van der Waals surface area contributed by atoms with E-state index in [0.29, 0.717) is 29.9 Å². The summed E-state index contributed by atoms with van der Waals surface area (Å²) in [6.45, 7) is 5.30. The highest BCUT2D eigenvalue weighted by Gasteiger charge is 2.29. The van der Waals surface area contributed by atoms with Gasteiger partial charge in [-0.15, -0.1) is 0 Å². The van der Waals surface area contributed by atoms with Crippen LogP contribution in [0.5, 0.6) is 5.75 Å². The van der Waals surface area contributed by atoms with Crippen LogP contribution >= 0.6 is 0 Å². The van der Waals surface area contributed by atoms with Gasteiger partial charge in [-0.25, -0.2) is 0 Å². The molecule has 0 atom stereocenters. The molecule has 32 heavy (non-hydrogen) atoms. The molecule has 0 bridgehead atoms. The maximum atomic E-state index is 13.1. The van der Waals surface area contributed by atoms with E-state index in [-0.39, 0.29) is 17.2 Å². The quantitative estimate of drug-likeness (QED) is 0.552. The number of allylic oxidation sites excluding steroid dienone is 1. The van der Waals surface area contributed by atoms with Crippen LogP contribution in [0.15, 0.2) is 66.6 Å². The molecule has 2 amide bonds. The molecule has 162 valence electrons. The molecule has 3 aromatic carbocycles. The second kappa shape index (κ2) is 7.71. The van der Waals surface area contributed by atoms with Crippen LogP contribution in [0.3, 0.4) is 0 Å². The zero-order valence-corrected chi connectivity index (χ0v) is 18.1. The Morgan fingerprint density at radius 1 is 1.06 bits per heavy atom.